The number of hydrogen-bond acceptors (Lipinski definition) is 6. The van der Waals surface area contributed by atoms with E-state index in [-0.39, 0.29) is 11.3 Å². The molecule has 2 atom stereocenters. The summed E-state index contributed by atoms with van der Waals surface area (Å²) in [4.78, 5) is 21.3. The van der Waals surface area contributed by atoms with Crippen molar-refractivity contribution in [3.8, 4) is 0 Å². The van der Waals surface area contributed by atoms with Crippen molar-refractivity contribution < 1.29 is 25.0 Å². The van der Waals surface area contributed by atoms with Crippen molar-refractivity contribution in [3.63, 3.8) is 0 Å². The molecule has 2 unspecified atom stereocenters. The third-order valence-corrected chi connectivity index (χ3v) is 2.18. The zero-order valence-electron chi connectivity index (χ0n) is 8.68. The number of carbonyl (C=O) groups is 1. The highest BCUT2D eigenvalue weighted by molar-refractivity contribution is 5.99. The Morgan fingerprint density at radius 1 is 1.29 bits per heavy atom. The number of nitro benzene ring substituents is 1. The van der Waals surface area contributed by atoms with Gasteiger partial charge in [-0.25, -0.2) is 0 Å². The monoisotopic (exact) mass is 241 g/mol. The molecule has 0 saturated heterocycles. The van der Waals surface area contributed by atoms with E-state index in [1.54, 1.807) is 0 Å². The van der Waals surface area contributed by atoms with Crippen LogP contribution in [-0.4, -0.2) is 44.8 Å². The molecule has 17 heavy (non-hydrogen) atoms. The average Bonchev–Trinajstić information content (AvgIpc) is 2.36. The standard InChI is InChI=1S/C10H11NO6/c12-5-8(13)10(15)9(14)6-1-3-7(4-2-6)11(16)17/h1-4,8,10,12-13,15H,5H2. The number of hydrogen-bond donors (Lipinski definition) is 3. The van der Waals surface area contributed by atoms with Gasteiger partial charge in [0, 0.05) is 17.7 Å². The average molecular weight is 241 g/mol. The minimum absolute atomic E-state index is 0.0237. The van der Waals surface area contributed by atoms with Gasteiger partial charge in [0.2, 0.25) is 0 Å². The van der Waals surface area contributed by atoms with Crippen molar-refractivity contribution in [2.75, 3.05) is 6.61 Å². The maximum atomic E-state index is 11.5. The van der Waals surface area contributed by atoms with E-state index in [0.717, 1.165) is 12.1 Å². The van der Waals surface area contributed by atoms with E-state index in [0.29, 0.717) is 0 Å². The summed E-state index contributed by atoms with van der Waals surface area (Å²) >= 11 is 0. The molecular weight excluding hydrogens is 230 g/mol. The van der Waals surface area contributed by atoms with Gasteiger partial charge in [0.15, 0.2) is 5.78 Å². The van der Waals surface area contributed by atoms with Crippen LogP contribution in [0.2, 0.25) is 0 Å². The van der Waals surface area contributed by atoms with Crippen LogP contribution in [0.15, 0.2) is 24.3 Å². The first-order chi connectivity index (χ1) is 7.97. The SMILES string of the molecule is O=C(c1ccc([N+](=O)[O-])cc1)C(O)C(O)CO. The van der Waals surface area contributed by atoms with Crippen molar-refractivity contribution in [1.82, 2.24) is 0 Å². The van der Waals surface area contributed by atoms with Gasteiger partial charge in [-0.1, -0.05) is 0 Å². The first-order valence-electron chi connectivity index (χ1n) is 4.73. The van der Waals surface area contributed by atoms with Crippen molar-refractivity contribution in [2.45, 2.75) is 12.2 Å². The van der Waals surface area contributed by atoms with E-state index in [1.807, 2.05) is 0 Å². The van der Waals surface area contributed by atoms with Gasteiger partial charge in [0.25, 0.3) is 5.69 Å². The second-order valence-corrected chi connectivity index (χ2v) is 3.36. The Kier molecular flexibility index (Phi) is 4.27. The smallest absolute Gasteiger partial charge is 0.269 e. The number of nitro groups is 1. The molecule has 7 heteroatoms. The number of benzene rings is 1. The zero-order valence-corrected chi connectivity index (χ0v) is 8.68. The number of carbonyl (C=O) groups excluding carboxylic acids is 1. The van der Waals surface area contributed by atoms with Crippen LogP contribution in [0.3, 0.4) is 0 Å². The highest BCUT2D eigenvalue weighted by Crippen LogP contribution is 2.14. The van der Waals surface area contributed by atoms with Gasteiger partial charge in [0.1, 0.15) is 12.2 Å². The number of aliphatic hydroxyl groups is 3. The summed E-state index contributed by atoms with van der Waals surface area (Å²) in [6.07, 6.45) is -3.32. The maximum absolute atomic E-state index is 11.5. The molecule has 0 aromatic heterocycles. The van der Waals surface area contributed by atoms with Gasteiger partial charge in [-0.05, 0) is 12.1 Å². The third-order valence-electron chi connectivity index (χ3n) is 2.18. The second-order valence-electron chi connectivity index (χ2n) is 3.36. The molecule has 1 rings (SSSR count). The molecule has 1 aromatic rings. The van der Waals surface area contributed by atoms with Gasteiger partial charge in [-0.2, -0.15) is 0 Å². The van der Waals surface area contributed by atoms with Gasteiger partial charge in [-0.15, -0.1) is 0 Å². The normalized spacial score (nSPS) is 14.1. The molecule has 0 aliphatic heterocycles. The van der Waals surface area contributed by atoms with Gasteiger partial charge in [-0.3, -0.25) is 14.9 Å². The molecule has 0 spiro atoms. The number of non-ortho nitro benzene ring substituents is 1. The Morgan fingerprint density at radius 3 is 2.24 bits per heavy atom. The molecule has 0 fully saturated rings. The summed E-state index contributed by atoms with van der Waals surface area (Å²) in [6.45, 7) is -0.750. The van der Waals surface area contributed by atoms with Crippen LogP contribution in [0.1, 0.15) is 10.4 Å². The van der Waals surface area contributed by atoms with Crippen LogP contribution >= 0.6 is 0 Å². The van der Waals surface area contributed by atoms with Crippen LogP contribution in [0, 0.1) is 10.1 Å². The Bertz CT molecular complexity index is 415. The van der Waals surface area contributed by atoms with Gasteiger partial charge < -0.3 is 15.3 Å². The number of ketones is 1. The Morgan fingerprint density at radius 2 is 1.82 bits per heavy atom. The Balaban J connectivity index is 2.86. The van der Waals surface area contributed by atoms with E-state index in [2.05, 4.69) is 0 Å². The van der Waals surface area contributed by atoms with Crippen molar-refractivity contribution in [1.29, 1.82) is 0 Å². The number of Topliss-reactive ketones (excluding diaryl/α,β-unsaturated/α-hetero) is 1. The molecule has 0 bridgehead atoms. The lowest BCUT2D eigenvalue weighted by Gasteiger charge is -2.13. The number of rotatable bonds is 5. The van der Waals surface area contributed by atoms with Crippen molar-refractivity contribution in [2.24, 2.45) is 0 Å². The van der Waals surface area contributed by atoms with Crippen LogP contribution in [0.5, 0.6) is 0 Å². The van der Waals surface area contributed by atoms with E-state index in [1.165, 1.54) is 12.1 Å². The summed E-state index contributed by atoms with van der Waals surface area (Å²) in [5, 5.41) is 37.3. The summed E-state index contributed by atoms with van der Waals surface area (Å²) in [5.41, 5.74) is -0.158. The lowest BCUT2D eigenvalue weighted by atomic mass is 10.0. The van der Waals surface area contributed by atoms with Crippen LogP contribution in [0.25, 0.3) is 0 Å². The molecular formula is C10H11NO6. The first-order valence-corrected chi connectivity index (χ1v) is 4.73. The van der Waals surface area contributed by atoms with Crippen molar-refractivity contribution >= 4 is 11.5 Å². The molecule has 0 heterocycles. The highest BCUT2D eigenvalue weighted by atomic mass is 16.6. The quantitative estimate of drug-likeness (QED) is 0.362. The molecule has 1 aromatic carbocycles. The second kappa shape index (κ2) is 5.48. The van der Waals surface area contributed by atoms with Crippen molar-refractivity contribution in [3.05, 3.63) is 39.9 Å². The molecule has 3 N–H and O–H groups in total. The molecule has 0 radical (unpaired) electrons. The van der Waals surface area contributed by atoms with E-state index >= 15 is 0 Å². The fourth-order valence-corrected chi connectivity index (χ4v) is 1.19. The largest absolute Gasteiger partial charge is 0.394 e. The topological polar surface area (TPSA) is 121 Å². The van der Waals surface area contributed by atoms with Crippen LogP contribution in [-0.2, 0) is 0 Å². The van der Waals surface area contributed by atoms with E-state index in [4.69, 9.17) is 10.2 Å². The predicted molar refractivity (Wildman–Crippen MR) is 56.5 cm³/mol. The van der Waals surface area contributed by atoms with Gasteiger partial charge in [0.05, 0.1) is 11.5 Å². The molecule has 0 aliphatic rings. The van der Waals surface area contributed by atoms with E-state index < -0.39 is 29.5 Å². The summed E-state index contributed by atoms with van der Waals surface area (Å²) in [7, 11) is 0. The molecule has 0 saturated carbocycles. The number of nitrogens with zero attached hydrogens (tertiary/aromatic N) is 1. The minimum Gasteiger partial charge on any atom is -0.394 e. The van der Waals surface area contributed by atoms with E-state index in [9.17, 15) is 20.0 Å². The fraction of sp³-hybridized carbons (Fsp3) is 0.300. The third kappa shape index (κ3) is 3.06. The lowest BCUT2D eigenvalue weighted by Crippen LogP contribution is -2.36. The number of aliphatic hydroxyl groups excluding tert-OH is 3. The van der Waals surface area contributed by atoms with Gasteiger partial charge >= 0.3 is 0 Å². The molecule has 0 amide bonds. The minimum atomic E-state index is -1.75. The maximum Gasteiger partial charge on any atom is 0.269 e. The Hall–Kier alpha value is -1.83. The lowest BCUT2D eigenvalue weighted by molar-refractivity contribution is -0.384. The zero-order chi connectivity index (χ0) is 13.0. The fourth-order valence-electron chi connectivity index (χ4n) is 1.19. The summed E-state index contributed by atoms with van der Waals surface area (Å²) < 4.78 is 0. The highest BCUT2D eigenvalue weighted by Gasteiger charge is 2.24. The predicted octanol–water partition coefficient (Wildman–Crippen LogP) is -0.508. The summed E-state index contributed by atoms with van der Waals surface area (Å²) in [5.74, 6) is -0.804. The molecule has 0 aliphatic carbocycles. The van der Waals surface area contributed by atoms with Crippen LogP contribution in [0.4, 0.5) is 5.69 Å². The van der Waals surface area contributed by atoms with Crippen LogP contribution < -0.4 is 0 Å². The molecule has 7 nitrogen and oxygen atoms in total. The summed E-state index contributed by atoms with van der Waals surface area (Å²) in [6, 6.07) is 4.58. The Labute approximate surface area is 96.1 Å². The first kappa shape index (κ1) is 13.2. The molecule has 92 valence electrons.